The Morgan fingerprint density at radius 1 is 1.25 bits per heavy atom. The predicted molar refractivity (Wildman–Crippen MR) is 65.5 cm³/mol. The number of anilines is 1. The Morgan fingerprint density at radius 3 is 2.88 bits per heavy atom. The molecule has 3 rings (SSSR count). The number of nitrogens with one attached hydrogen (secondary N) is 2. The van der Waals surface area contributed by atoms with Crippen LogP contribution in [-0.2, 0) is 0 Å². The van der Waals surface area contributed by atoms with Crippen molar-refractivity contribution in [2.45, 2.75) is 44.2 Å². The predicted octanol–water partition coefficient (Wildman–Crippen LogP) is 2.47. The fraction of sp³-hybridized carbons (Fsp3) is 0.615. The summed E-state index contributed by atoms with van der Waals surface area (Å²) < 4.78 is 0. The minimum atomic E-state index is 0.510. The fourth-order valence-corrected chi connectivity index (χ4v) is 2.52. The van der Waals surface area contributed by atoms with Crippen LogP contribution in [0.3, 0.4) is 0 Å². The van der Waals surface area contributed by atoms with E-state index < -0.39 is 0 Å². The molecule has 2 N–H and O–H groups in total. The average molecular weight is 217 g/mol. The zero-order chi connectivity index (χ0) is 10.8. The number of hydrogen-bond acceptors (Lipinski definition) is 3. The molecule has 1 atom stereocenters. The molecule has 1 saturated carbocycles. The molecular weight excluding hydrogens is 198 g/mol. The summed E-state index contributed by atoms with van der Waals surface area (Å²) in [5, 5.41) is 7.12. The van der Waals surface area contributed by atoms with E-state index in [2.05, 4.69) is 21.7 Å². The second-order valence-electron chi connectivity index (χ2n) is 4.86. The van der Waals surface area contributed by atoms with Crippen molar-refractivity contribution in [1.82, 2.24) is 10.3 Å². The van der Waals surface area contributed by atoms with Gasteiger partial charge in [-0.05, 0) is 44.7 Å². The molecule has 3 heteroatoms. The molecule has 1 aliphatic carbocycles. The summed E-state index contributed by atoms with van der Waals surface area (Å²) in [6.07, 6.45) is 8.37. The van der Waals surface area contributed by atoms with E-state index in [1.54, 1.807) is 0 Å². The summed E-state index contributed by atoms with van der Waals surface area (Å²) in [5.74, 6) is 1.10. The van der Waals surface area contributed by atoms with Crippen LogP contribution in [0, 0.1) is 0 Å². The third-order valence-electron chi connectivity index (χ3n) is 3.72. The maximum atomic E-state index is 4.49. The minimum absolute atomic E-state index is 0.510. The Kier molecular flexibility index (Phi) is 2.79. The normalized spacial score (nSPS) is 25.4. The standard InChI is InChI=1S/C13H19N3/c1-4-10(5-1)16-13-11(6-2-9-15-13)12-7-3-8-14-12/h2,6,9-10,12,14H,1,3-5,7-8H2,(H,15,16)/t12-/m1/s1. The topological polar surface area (TPSA) is 37.0 Å². The van der Waals surface area contributed by atoms with Crippen molar-refractivity contribution in [2.75, 3.05) is 11.9 Å². The molecule has 0 radical (unpaired) electrons. The van der Waals surface area contributed by atoms with Crippen LogP contribution in [0.5, 0.6) is 0 Å². The molecule has 2 aliphatic rings. The lowest BCUT2D eigenvalue weighted by molar-refractivity contribution is 0.443. The van der Waals surface area contributed by atoms with E-state index in [1.807, 2.05) is 12.3 Å². The van der Waals surface area contributed by atoms with Crippen LogP contribution in [0.4, 0.5) is 5.82 Å². The monoisotopic (exact) mass is 217 g/mol. The molecule has 1 aromatic heterocycles. The molecule has 2 heterocycles. The van der Waals surface area contributed by atoms with Crippen LogP contribution in [-0.4, -0.2) is 17.6 Å². The summed E-state index contributed by atoms with van der Waals surface area (Å²) in [6, 6.07) is 5.42. The first kappa shape index (κ1) is 10.1. The van der Waals surface area contributed by atoms with Crippen molar-refractivity contribution in [1.29, 1.82) is 0 Å². The van der Waals surface area contributed by atoms with Gasteiger partial charge in [0.05, 0.1) is 0 Å². The van der Waals surface area contributed by atoms with Gasteiger partial charge in [0.15, 0.2) is 0 Å². The van der Waals surface area contributed by atoms with Gasteiger partial charge in [-0.25, -0.2) is 4.98 Å². The highest BCUT2D eigenvalue weighted by Crippen LogP contribution is 2.30. The highest BCUT2D eigenvalue weighted by Gasteiger charge is 2.23. The van der Waals surface area contributed by atoms with Gasteiger partial charge >= 0.3 is 0 Å². The zero-order valence-electron chi connectivity index (χ0n) is 9.58. The molecule has 0 amide bonds. The van der Waals surface area contributed by atoms with Crippen molar-refractivity contribution in [3.63, 3.8) is 0 Å². The van der Waals surface area contributed by atoms with Gasteiger partial charge in [0.25, 0.3) is 0 Å². The number of pyridine rings is 1. The first-order valence-electron chi connectivity index (χ1n) is 6.38. The lowest BCUT2D eigenvalue weighted by atomic mass is 9.93. The van der Waals surface area contributed by atoms with Crippen LogP contribution in [0.25, 0.3) is 0 Å². The maximum Gasteiger partial charge on any atom is 0.130 e. The molecule has 86 valence electrons. The second-order valence-corrected chi connectivity index (χ2v) is 4.86. The maximum absolute atomic E-state index is 4.49. The summed E-state index contributed by atoms with van der Waals surface area (Å²) in [4.78, 5) is 4.49. The Balaban J connectivity index is 1.78. The van der Waals surface area contributed by atoms with Gasteiger partial charge in [-0.1, -0.05) is 6.07 Å². The number of nitrogens with zero attached hydrogens (tertiary/aromatic N) is 1. The molecule has 1 aliphatic heterocycles. The molecule has 1 saturated heterocycles. The first-order valence-corrected chi connectivity index (χ1v) is 6.38. The van der Waals surface area contributed by atoms with Crippen LogP contribution >= 0.6 is 0 Å². The number of aromatic nitrogens is 1. The van der Waals surface area contributed by atoms with Gasteiger partial charge in [-0.15, -0.1) is 0 Å². The molecular formula is C13H19N3. The van der Waals surface area contributed by atoms with E-state index in [0.29, 0.717) is 12.1 Å². The quantitative estimate of drug-likeness (QED) is 0.816. The molecule has 0 aromatic carbocycles. The van der Waals surface area contributed by atoms with E-state index in [4.69, 9.17) is 0 Å². The van der Waals surface area contributed by atoms with E-state index in [9.17, 15) is 0 Å². The van der Waals surface area contributed by atoms with Crippen molar-refractivity contribution >= 4 is 5.82 Å². The molecule has 0 spiro atoms. The molecule has 0 bridgehead atoms. The molecule has 2 fully saturated rings. The lowest BCUT2D eigenvalue weighted by Gasteiger charge is -2.28. The van der Waals surface area contributed by atoms with Crippen molar-refractivity contribution in [2.24, 2.45) is 0 Å². The van der Waals surface area contributed by atoms with Crippen molar-refractivity contribution in [3.8, 4) is 0 Å². The van der Waals surface area contributed by atoms with E-state index in [-0.39, 0.29) is 0 Å². The second kappa shape index (κ2) is 4.42. The summed E-state index contributed by atoms with van der Waals surface area (Å²) in [7, 11) is 0. The number of hydrogen-bond donors (Lipinski definition) is 2. The van der Waals surface area contributed by atoms with Crippen LogP contribution in [0.15, 0.2) is 18.3 Å². The molecule has 0 unspecified atom stereocenters. The van der Waals surface area contributed by atoms with Crippen LogP contribution < -0.4 is 10.6 Å². The highest BCUT2D eigenvalue weighted by atomic mass is 15.0. The third kappa shape index (κ3) is 1.92. The van der Waals surface area contributed by atoms with Crippen LogP contribution in [0.1, 0.15) is 43.7 Å². The van der Waals surface area contributed by atoms with Crippen molar-refractivity contribution in [3.05, 3.63) is 23.9 Å². The smallest absolute Gasteiger partial charge is 0.130 e. The summed E-state index contributed by atoms with van der Waals surface area (Å²) in [5.41, 5.74) is 1.35. The summed E-state index contributed by atoms with van der Waals surface area (Å²) in [6.45, 7) is 1.14. The van der Waals surface area contributed by atoms with Crippen molar-refractivity contribution < 1.29 is 0 Å². The molecule has 1 aromatic rings. The van der Waals surface area contributed by atoms with E-state index in [0.717, 1.165) is 12.4 Å². The Morgan fingerprint density at radius 2 is 2.19 bits per heavy atom. The summed E-state index contributed by atoms with van der Waals surface area (Å²) >= 11 is 0. The molecule has 3 nitrogen and oxygen atoms in total. The van der Waals surface area contributed by atoms with Gasteiger partial charge in [-0.3, -0.25) is 0 Å². The van der Waals surface area contributed by atoms with E-state index in [1.165, 1.54) is 37.7 Å². The number of rotatable bonds is 3. The third-order valence-corrected chi connectivity index (χ3v) is 3.72. The highest BCUT2D eigenvalue weighted by molar-refractivity contribution is 5.47. The van der Waals surface area contributed by atoms with E-state index >= 15 is 0 Å². The van der Waals surface area contributed by atoms with Gasteiger partial charge in [0.2, 0.25) is 0 Å². The van der Waals surface area contributed by atoms with Gasteiger partial charge < -0.3 is 10.6 Å². The average Bonchev–Trinajstić information content (AvgIpc) is 2.77. The minimum Gasteiger partial charge on any atom is -0.367 e. The SMILES string of the molecule is c1cnc(NC2CCC2)c([C@H]2CCCN2)c1. The Hall–Kier alpha value is -1.09. The lowest BCUT2D eigenvalue weighted by Crippen LogP contribution is -2.28. The Bertz CT molecular complexity index is 354. The Labute approximate surface area is 96.7 Å². The van der Waals surface area contributed by atoms with Gasteiger partial charge in [0, 0.05) is 23.8 Å². The largest absolute Gasteiger partial charge is 0.367 e. The van der Waals surface area contributed by atoms with Gasteiger partial charge in [-0.2, -0.15) is 0 Å². The van der Waals surface area contributed by atoms with Crippen LogP contribution in [0.2, 0.25) is 0 Å². The molecule has 16 heavy (non-hydrogen) atoms. The zero-order valence-corrected chi connectivity index (χ0v) is 9.58. The first-order chi connectivity index (χ1) is 7.93. The van der Waals surface area contributed by atoms with Gasteiger partial charge in [0.1, 0.15) is 5.82 Å². The fourth-order valence-electron chi connectivity index (χ4n) is 2.52.